The Labute approximate surface area is 146 Å². The van der Waals surface area contributed by atoms with Crippen molar-refractivity contribution in [2.45, 2.75) is 38.5 Å². The van der Waals surface area contributed by atoms with Gasteiger partial charge in [-0.2, -0.15) is 0 Å². The highest BCUT2D eigenvalue weighted by atomic mass is 28.3. The normalized spacial score (nSPS) is 13.0. The van der Waals surface area contributed by atoms with E-state index in [1.165, 1.54) is 0 Å². The Bertz CT molecular complexity index is 634. The molecule has 0 saturated heterocycles. The average molecular weight is 338 g/mol. The summed E-state index contributed by atoms with van der Waals surface area (Å²) in [6.07, 6.45) is 4.65. The second-order valence-electron chi connectivity index (χ2n) is 7.19. The van der Waals surface area contributed by atoms with Crippen LogP contribution in [-0.4, -0.2) is 14.0 Å². The number of nitrogens with zero attached hydrogens (tertiary/aromatic N) is 1. The van der Waals surface area contributed by atoms with Crippen LogP contribution >= 0.6 is 0 Å². The molecule has 1 atom stereocenters. The minimum atomic E-state index is -1.20. The maximum Gasteiger partial charge on any atom is 0.235 e. The van der Waals surface area contributed by atoms with Gasteiger partial charge in [0.05, 0.1) is 8.07 Å². The zero-order chi connectivity index (χ0) is 17.6. The highest BCUT2D eigenvalue weighted by Crippen LogP contribution is 2.26. The Morgan fingerprint density at radius 1 is 0.958 bits per heavy atom. The van der Waals surface area contributed by atoms with E-state index in [9.17, 15) is 4.79 Å². The van der Waals surface area contributed by atoms with Crippen LogP contribution < -0.4 is 4.90 Å². The summed E-state index contributed by atoms with van der Waals surface area (Å²) >= 11 is 0. The van der Waals surface area contributed by atoms with E-state index < -0.39 is 8.07 Å². The zero-order valence-corrected chi connectivity index (χ0v) is 16.1. The summed E-state index contributed by atoms with van der Waals surface area (Å²) < 4.78 is 0. The maximum atomic E-state index is 12.9. The average Bonchev–Trinajstić information content (AvgIpc) is 2.56. The summed E-state index contributed by atoms with van der Waals surface area (Å²) in [5.41, 5.74) is 2.37. The molecule has 0 aromatic heterocycles. The molecular formula is C21H27NOSi. The highest BCUT2D eigenvalue weighted by Gasteiger charge is 2.20. The highest BCUT2D eigenvalue weighted by molar-refractivity contribution is 6.77. The minimum Gasteiger partial charge on any atom is -0.281 e. The van der Waals surface area contributed by atoms with Crippen LogP contribution in [0.3, 0.4) is 0 Å². The lowest BCUT2D eigenvalue weighted by Gasteiger charge is -2.23. The third-order valence-electron chi connectivity index (χ3n) is 4.36. The van der Waals surface area contributed by atoms with E-state index in [4.69, 9.17) is 0 Å². The van der Waals surface area contributed by atoms with Crippen molar-refractivity contribution in [3.8, 4) is 0 Å². The van der Waals surface area contributed by atoms with Gasteiger partial charge in [0.15, 0.2) is 0 Å². The predicted octanol–water partition coefficient (Wildman–Crippen LogP) is 6.03. The summed E-state index contributed by atoms with van der Waals surface area (Å²) in [5.74, 6) is 0.0893. The van der Waals surface area contributed by atoms with Crippen LogP contribution in [0.4, 0.5) is 11.4 Å². The van der Waals surface area contributed by atoms with E-state index in [2.05, 4.69) is 32.6 Å². The van der Waals surface area contributed by atoms with E-state index in [0.29, 0.717) is 12.0 Å². The molecule has 0 aliphatic rings. The van der Waals surface area contributed by atoms with Crippen molar-refractivity contribution in [3.63, 3.8) is 0 Å². The number of anilines is 2. The maximum absolute atomic E-state index is 12.9. The number of carbonyl (C=O) groups is 1. The number of allylic oxidation sites excluding steroid dienone is 1. The molecule has 0 N–H and O–H groups in total. The van der Waals surface area contributed by atoms with Gasteiger partial charge in [-0.1, -0.05) is 75.1 Å². The van der Waals surface area contributed by atoms with Crippen LogP contribution in [0.15, 0.2) is 72.8 Å². The lowest BCUT2D eigenvalue weighted by atomic mass is 10.2. The van der Waals surface area contributed by atoms with Crippen LogP contribution in [-0.2, 0) is 4.79 Å². The summed E-state index contributed by atoms with van der Waals surface area (Å²) in [4.78, 5) is 14.7. The third kappa shape index (κ3) is 4.93. The first-order valence-corrected chi connectivity index (χ1v) is 12.1. The third-order valence-corrected chi connectivity index (χ3v) is 7.29. The first-order chi connectivity index (χ1) is 11.4. The molecule has 0 heterocycles. The van der Waals surface area contributed by atoms with Gasteiger partial charge in [-0.15, -0.1) is 0 Å². The fourth-order valence-electron chi connectivity index (χ4n) is 2.34. The van der Waals surface area contributed by atoms with Crippen molar-refractivity contribution < 1.29 is 4.79 Å². The molecule has 0 bridgehead atoms. The number of carbonyl (C=O) groups excluding carboxylic acids is 1. The standard InChI is InChI=1S/C21H27NOSi/c1-18(24(2,3)4)12-11-17-21(23)22(19-13-7-5-8-14-19)20-15-9-6-10-16-20/h5-16,18H,17H2,1-4H3/b12-11+. The van der Waals surface area contributed by atoms with Crippen molar-refractivity contribution in [1.82, 2.24) is 0 Å². The van der Waals surface area contributed by atoms with Crippen LogP contribution in [0.2, 0.25) is 25.2 Å². The van der Waals surface area contributed by atoms with Crippen LogP contribution in [0.5, 0.6) is 0 Å². The van der Waals surface area contributed by atoms with E-state index in [-0.39, 0.29) is 5.91 Å². The monoisotopic (exact) mass is 337 g/mol. The minimum absolute atomic E-state index is 0.0893. The van der Waals surface area contributed by atoms with E-state index in [0.717, 1.165) is 11.4 Å². The van der Waals surface area contributed by atoms with Crippen molar-refractivity contribution in [2.75, 3.05) is 4.90 Å². The largest absolute Gasteiger partial charge is 0.281 e. The molecule has 0 spiro atoms. The van der Waals surface area contributed by atoms with E-state index in [1.807, 2.05) is 66.7 Å². The number of amides is 1. The summed E-state index contributed by atoms with van der Waals surface area (Å²) in [7, 11) is -1.20. The van der Waals surface area contributed by atoms with E-state index in [1.54, 1.807) is 4.90 Å². The van der Waals surface area contributed by atoms with Gasteiger partial charge in [0.25, 0.3) is 0 Å². The van der Waals surface area contributed by atoms with Gasteiger partial charge < -0.3 is 0 Å². The Kier molecular flexibility index (Phi) is 6.15. The Balaban J connectivity index is 2.19. The van der Waals surface area contributed by atoms with Crippen molar-refractivity contribution in [1.29, 1.82) is 0 Å². The molecule has 0 radical (unpaired) electrons. The molecule has 2 aromatic rings. The molecule has 2 nitrogen and oxygen atoms in total. The topological polar surface area (TPSA) is 20.3 Å². The Morgan fingerprint density at radius 3 is 1.83 bits per heavy atom. The summed E-state index contributed by atoms with van der Waals surface area (Å²) in [5, 5.41) is 0. The molecule has 0 aliphatic heterocycles. The number of rotatable bonds is 6. The van der Waals surface area contributed by atoms with Gasteiger partial charge in [0.2, 0.25) is 5.91 Å². The molecule has 2 aromatic carbocycles. The van der Waals surface area contributed by atoms with Gasteiger partial charge in [-0.3, -0.25) is 9.69 Å². The lowest BCUT2D eigenvalue weighted by molar-refractivity contribution is -0.117. The SMILES string of the molecule is CC(/C=C/CC(=O)N(c1ccccc1)c1ccccc1)[Si](C)(C)C. The van der Waals surface area contributed by atoms with Gasteiger partial charge in [0, 0.05) is 17.8 Å². The zero-order valence-electron chi connectivity index (χ0n) is 15.1. The Hall–Kier alpha value is -2.13. The van der Waals surface area contributed by atoms with Gasteiger partial charge in [-0.25, -0.2) is 0 Å². The van der Waals surface area contributed by atoms with Crippen LogP contribution in [0.25, 0.3) is 0 Å². The molecule has 1 unspecified atom stereocenters. The molecule has 24 heavy (non-hydrogen) atoms. The molecule has 126 valence electrons. The smallest absolute Gasteiger partial charge is 0.235 e. The van der Waals surface area contributed by atoms with Crippen molar-refractivity contribution in [3.05, 3.63) is 72.8 Å². The summed E-state index contributed by atoms with van der Waals surface area (Å²) in [6, 6.07) is 19.7. The second-order valence-corrected chi connectivity index (χ2v) is 12.8. The molecule has 0 aliphatic carbocycles. The van der Waals surface area contributed by atoms with Crippen LogP contribution in [0, 0.1) is 0 Å². The van der Waals surface area contributed by atoms with Crippen molar-refractivity contribution in [2.24, 2.45) is 0 Å². The summed E-state index contributed by atoms with van der Waals surface area (Å²) in [6.45, 7) is 9.30. The Morgan fingerprint density at radius 2 is 1.42 bits per heavy atom. The fourth-order valence-corrected chi connectivity index (χ4v) is 3.06. The number of para-hydroxylation sites is 2. The first kappa shape index (κ1) is 18.2. The van der Waals surface area contributed by atoms with Gasteiger partial charge in [-0.05, 0) is 29.8 Å². The molecule has 2 rings (SSSR count). The number of benzene rings is 2. The molecule has 0 fully saturated rings. The quantitative estimate of drug-likeness (QED) is 0.466. The van der Waals surface area contributed by atoms with E-state index >= 15 is 0 Å². The molecule has 0 saturated carbocycles. The molecule has 1 amide bonds. The number of hydrogen-bond donors (Lipinski definition) is 0. The van der Waals surface area contributed by atoms with Gasteiger partial charge in [0.1, 0.15) is 0 Å². The predicted molar refractivity (Wildman–Crippen MR) is 107 cm³/mol. The second kappa shape index (κ2) is 8.11. The lowest BCUT2D eigenvalue weighted by Crippen LogP contribution is -2.26. The van der Waals surface area contributed by atoms with Gasteiger partial charge >= 0.3 is 0 Å². The fraction of sp³-hybridized carbons (Fsp3) is 0.286. The number of hydrogen-bond acceptors (Lipinski definition) is 1. The van der Waals surface area contributed by atoms with Crippen LogP contribution in [0.1, 0.15) is 13.3 Å². The molecular weight excluding hydrogens is 310 g/mol. The van der Waals surface area contributed by atoms with Crippen molar-refractivity contribution >= 4 is 25.4 Å². The molecule has 3 heteroatoms. The first-order valence-electron chi connectivity index (χ1n) is 8.49.